The molecule has 8 nitrogen and oxygen atoms in total. The maximum atomic E-state index is 11.2. The Morgan fingerprint density at radius 1 is 1.12 bits per heavy atom. The minimum atomic E-state index is -1.16. The Balaban J connectivity index is 0.00000106. The molecule has 0 fully saturated rings. The molecule has 0 aliphatic rings. The molecule has 0 aromatic carbocycles. The van der Waals surface area contributed by atoms with E-state index >= 15 is 0 Å². The first-order valence-corrected chi connectivity index (χ1v) is 4.23. The van der Waals surface area contributed by atoms with Crippen LogP contribution < -0.4 is 17.1 Å². The number of hydrogen-bond acceptors (Lipinski definition) is 5. The van der Waals surface area contributed by atoms with Gasteiger partial charge >= 0.3 is 17.1 Å². The molecule has 0 atom stereocenters. The van der Waals surface area contributed by atoms with Gasteiger partial charge in [0.05, 0.1) is 13.2 Å². The molecule has 1 aromatic rings. The number of aromatic nitrogens is 3. The molecule has 1 aromatic heterocycles. The highest BCUT2D eigenvalue weighted by atomic mass is 16.5. The van der Waals surface area contributed by atoms with Crippen LogP contribution in [-0.4, -0.2) is 30.8 Å². The van der Waals surface area contributed by atoms with E-state index in [9.17, 15) is 14.4 Å². The lowest BCUT2D eigenvalue weighted by molar-refractivity contribution is 0.137. The molecule has 8 heteroatoms. The number of rotatable bonds is 2. The van der Waals surface area contributed by atoms with Crippen molar-refractivity contribution in [1.29, 1.82) is 0 Å². The molecule has 1 rings (SSSR count). The average molecular weight is 231 g/mol. The molecule has 16 heavy (non-hydrogen) atoms. The normalized spacial score (nSPS) is 9.38. The lowest BCUT2D eigenvalue weighted by Crippen LogP contribution is -2.53. The minimum absolute atomic E-state index is 0.183. The van der Waals surface area contributed by atoms with Crippen molar-refractivity contribution in [3.63, 3.8) is 0 Å². The summed E-state index contributed by atoms with van der Waals surface area (Å²) in [6.07, 6.45) is 0. The monoisotopic (exact) mass is 231 g/mol. The van der Waals surface area contributed by atoms with Crippen LogP contribution in [0.15, 0.2) is 27.5 Å². The zero-order valence-corrected chi connectivity index (χ0v) is 8.79. The topological polar surface area (TPSA) is 106 Å². The van der Waals surface area contributed by atoms with Crippen LogP contribution in [0.5, 0.6) is 0 Å². The van der Waals surface area contributed by atoms with Crippen LogP contribution >= 0.6 is 0 Å². The van der Waals surface area contributed by atoms with Crippen molar-refractivity contribution in [1.82, 2.24) is 13.9 Å². The Kier molecular flexibility index (Phi) is 4.96. The molecule has 0 spiro atoms. The average Bonchev–Trinajstić information content (AvgIpc) is 2.32. The van der Waals surface area contributed by atoms with E-state index in [0.717, 1.165) is 7.05 Å². The van der Waals surface area contributed by atoms with Crippen molar-refractivity contribution in [3.05, 3.63) is 44.6 Å². The Bertz CT molecular complexity index is 484. The molecule has 0 unspecified atom stereocenters. The van der Waals surface area contributed by atoms with Crippen molar-refractivity contribution in [2.24, 2.45) is 7.05 Å². The molecule has 1 heterocycles. The summed E-state index contributed by atoms with van der Waals surface area (Å²) in [4.78, 5) is 33.3. The van der Waals surface area contributed by atoms with Crippen molar-refractivity contribution in [2.75, 3.05) is 6.61 Å². The number of aliphatic hydroxyl groups excluding tert-OH is 1. The van der Waals surface area contributed by atoms with E-state index in [1.807, 2.05) is 0 Å². The van der Waals surface area contributed by atoms with Gasteiger partial charge < -0.3 is 10.3 Å². The Hall–Kier alpha value is -2.09. The highest BCUT2D eigenvalue weighted by molar-refractivity contribution is 4.74. The summed E-state index contributed by atoms with van der Waals surface area (Å²) in [6.45, 7) is 5.29. The van der Waals surface area contributed by atoms with Crippen LogP contribution in [0, 0.1) is 0 Å². The lowest BCUT2D eigenvalue weighted by Gasteiger charge is -2.05. The second-order valence-corrected chi connectivity index (χ2v) is 2.59. The van der Waals surface area contributed by atoms with Crippen LogP contribution in [-0.2, 0) is 13.6 Å². The summed E-state index contributed by atoms with van der Waals surface area (Å²) < 4.78 is 0.940. The molecule has 90 valence electrons. The summed E-state index contributed by atoms with van der Waals surface area (Å²) >= 11 is 0. The molecule has 0 aliphatic carbocycles. The van der Waals surface area contributed by atoms with Crippen LogP contribution in [0.3, 0.4) is 0 Å². The van der Waals surface area contributed by atoms with E-state index in [1.165, 1.54) is 0 Å². The van der Waals surface area contributed by atoms with Gasteiger partial charge in [0, 0.05) is 7.05 Å². The number of nitrogens with zero attached hydrogens (tertiary/aromatic N) is 3. The molecular formula is C8H13N3O5. The van der Waals surface area contributed by atoms with Crippen molar-refractivity contribution in [3.8, 4) is 0 Å². The third kappa shape index (κ3) is 2.28. The number of hydrogen-bond donors (Lipinski definition) is 2. The molecule has 2 N–H and O–H groups in total. The highest BCUT2D eigenvalue weighted by Gasteiger charge is 2.10. The summed E-state index contributed by atoms with van der Waals surface area (Å²) in [7, 11) is 1.12. The van der Waals surface area contributed by atoms with E-state index in [4.69, 9.17) is 10.3 Å². The largest absolute Gasteiger partial charge is 0.420 e. The SMILES string of the molecule is C=C.Cn1c(=O)n(O)c(=O)n(CCO)c1=O. The van der Waals surface area contributed by atoms with Crippen molar-refractivity contribution in [2.45, 2.75) is 6.54 Å². The fourth-order valence-electron chi connectivity index (χ4n) is 0.974. The fraction of sp³-hybridized carbons (Fsp3) is 0.375. The third-order valence-corrected chi connectivity index (χ3v) is 1.72. The van der Waals surface area contributed by atoms with Gasteiger partial charge in [-0.05, 0) is 0 Å². The van der Waals surface area contributed by atoms with E-state index in [0.29, 0.717) is 9.13 Å². The maximum Gasteiger partial charge on any atom is 0.369 e. The third-order valence-electron chi connectivity index (χ3n) is 1.72. The highest BCUT2D eigenvalue weighted by Crippen LogP contribution is 1.68. The van der Waals surface area contributed by atoms with Gasteiger partial charge in [-0.2, -0.15) is 0 Å². The van der Waals surface area contributed by atoms with Gasteiger partial charge in [-0.15, -0.1) is 13.2 Å². The first kappa shape index (κ1) is 13.9. The van der Waals surface area contributed by atoms with Gasteiger partial charge in [-0.1, -0.05) is 4.73 Å². The molecule has 0 saturated carbocycles. The molecule has 0 bridgehead atoms. The molecule has 0 aliphatic heterocycles. The van der Waals surface area contributed by atoms with Gasteiger partial charge in [0.25, 0.3) is 0 Å². The zero-order chi connectivity index (χ0) is 12.9. The Morgan fingerprint density at radius 2 is 1.62 bits per heavy atom. The van der Waals surface area contributed by atoms with Gasteiger partial charge in [-0.25, -0.2) is 23.5 Å². The standard InChI is InChI=1S/C6H9N3O5.C2H4/c1-7-4(11)8(2-3-10)6(13)9(14)5(7)12;1-2/h10,14H,2-3H2,1H3;1-2H2. The molecule has 0 radical (unpaired) electrons. The first-order chi connectivity index (χ1) is 7.50. The summed E-state index contributed by atoms with van der Waals surface area (Å²) in [5.74, 6) is 0. The quantitative estimate of drug-likeness (QED) is 0.441. The van der Waals surface area contributed by atoms with Gasteiger partial charge in [0.1, 0.15) is 0 Å². The van der Waals surface area contributed by atoms with Gasteiger partial charge in [0.15, 0.2) is 0 Å². The second kappa shape index (κ2) is 5.71. The predicted molar refractivity (Wildman–Crippen MR) is 55.7 cm³/mol. The van der Waals surface area contributed by atoms with Gasteiger partial charge in [0.2, 0.25) is 0 Å². The number of aliphatic hydroxyl groups is 1. The first-order valence-electron chi connectivity index (χ1n) is 4.23. The minimum Gasteiger partial charge on any atom is -0.420 e. The van der Waals surface area contributed by atoms with E-state index in [1.54, 1.807) is 0 Å². The zero-order valence-electron chi connectivity index (χ0n) is 8.79. The maximum absolute atomic E-state index is 11.2. The van der Waals surface area contributed by atoms with E-state index in [-0.39, 0.29) is 11.3 Å². The van der Waals surface area contributed by atoms with E-state index < -0.39 is 23.7 Å². The Morgan fingerprint density at radius 3 is 2.06 bits per heavy atom. The van der Waals surface area contributed by atoms with Crippen LogP contribution in [0.25, 0.3) is 0 Å². The summed E-state index contributed by atoms with van der Waals surface area (Å²) in [6, 6.07) is 0. The fourth-order valence-corrected chi connectivity index (χ4v) is 0.974. The van der Waals surface area contributed by atoms with Crippen LogP contribution in [0.2, 0.25) is 0 Å². The molecule has 0 saturated heterocycles. The van der Waals surface area contributed by atoms with Crippen molar-refractivity contribution < 1.29 is 10.3 Å². The van der Waals surface area contributed by atoms with E-state index in [2.05, 4.69) is 13.2 Å². The molecular weight excluding hydrogens is 218 g/mol. The van der Waals surface area contributed by atoms with Crippen molar-refractivity contribution >= 4 is 0 Å². The smallest absolute Gasteiger partial charge is 0.369 e. The Labute approximate surface area is 89.9 Å². The molecule has 0 amide bonds. The summed E-state index contributed by atoms with van der Waals surface area (Å²) in [5, 5.41) is 17.5. The van der Waals surface area contributed by atoms with Gasteiger partial charge in [-0.3, -0.25) is 0 Å². The van der Waals surface area contributed by atoms with Crippen LogP contribution in [0.4, 0.5) is 0 Å². The summed E-state index contributed by atoms with van der Waals surface area (Å²) in [5.41, 5.74) is -3.15. The predicted octanol–water partition coefficient (Wildman–Crippen LogP) is -2.26. The van der Waals surface area contributed by atoms with Crippen LogP contribution in [0.1, 0.15) is 0 Å². The lowest BCUT2D eigenvalue weighted by atomic mass is 10.6. The second-order valence-electron chi connectivity index (χ2n) is 2.59.